The van der Waals surface area contributed by atoms with Gasteiger partial charge in [0.25, 0.3) is 5.91 Å². The van der Waals surface area contributed by atoms with Crippen molar-refractivity contribution in [2.45, 2.75) is 20.4 Å². The van der Waals surface area contributed by atoms with Crippen molar-refractivity contribution in [3.05, 3.63) is 83.6 Å². The molecular formula is C23H24N2O3. The van der Waals surface area contributed by atoms with Gasteiger partial charge in [0.05, 0.1) is 13.7 Å². The Morgan fingerprint density at radius 1 is 0.964 bits per heavy atom. The standard InChI is InChI=1S/C23H24N2O3/c1-17-12-18(2)14-21(13-17)28-16-23(26)25(22-6-4-5-11-24-22)15-19-7-9-20(27-3)10-8-19/h4-14H,15-16H2,1-3H3. The van der Waals surface area contributed by atoms with E-state index < -0.39 is 0 Å². The lowest BCUT2D eigenvalue weighted by Gasteiger charge is -2.22. The van der Waals surface area contributed by atoms with Crippen LogP contribution in [0.4, 0.5) is 5.82 Å². The highest BCUT2D eigenvalue weighted by atomic mass is 16.5. The Morgan fingerprint density at radius 3 is 2.29 bits per heavy atom. The second kappa shape index (κ2) is 9.04. The Kier molecular flexibility index (Phi) is 6.27. The van der Waals surface area contributed by atoms with Crippen LogP contribution in [0.3, 0.4) is 0 Å². The van der Waals surface area contributed by atoms with Crippen molar-refractivity contribution >= 4 is 11.7 Å². The number of hydrogen-bond donors (Lipinski definition) is 0. The normalized spacial score (nSPS) is 10.4. The predicted molar refractivity (Wildman–Crippen MR) is 110 cm³/mol. The number of ether oxygens (including phenoxy) is 2. The monoisotopic (exact) mass is 376 g/mol. The van der Waals surface area contributed by atoms with Crippen LogP contribution in [0.5, 0.6) is 11.5 Å². The van der Waals surface area contributed by atoms with E-state index in [-0.39, 0.29) is 12.5 Å². The molecule has 0 unspecified atom stereocenters. The average Bonchev–Trinajstić information content (AvgIpc) is 2.70. The summed E-state index contributed by atoms with van der Waals surface area (Å²) in [6.45, 7) is 4.35. The van der Waals surface area contributed by atoms with Crippen LogP contribution in [-0.2, 0) is 11.3 Å². The van der Waals surface area contributed by atoms with Gasteiger partial charge in [-0.2, -0.15) is 0 Å². The maximum atomic E-state index is 13.0. The Morgan fingerprint density at radius 2 is 1.68 bits per heavy atom. The van der Waals surface area contributed by atoms with Crippen LogP contribution >= 0.6 is 0 Å². The number of methoxy groups -OCH3 is 1. The van der Waals surface area contributed by atoms with Crippen molar-refractivity contribution < 1.29 is 14.3 Å². The molecule has 1 heterocycles. The second-order valence-electron chi connectivity index (χ2n) is 6.63. The molecule has 5 heteroatoms. The highest BCUT2D eigenvalue weighted by Gasteiger charge is 2.18. The number of pyridine rings is 1. The van der Waals surface area contributed by atoms with Gasteiger partial charge >= 0.3 is 0 Å². The van der Waals surface area contributed by atoms with E-state index in [2.05, 4.69) is 11.1 Å². The molecule has 0 saturated heterocycles. The molecule has 0 radical (unpaired) electrons. The number of aromatic nitrogens is 1. The number of carbonyl (C=O) groups excluding carboxylic acids is 1. The highest BCUT2D eigenvalue weighted by Crippen LogP contribution is 2.19. The van der Waals surface area contributed by atoms with Gasteiger partial charge in [0, 0.05) is 6.20 Å². The van der Waals surface area contributed by atoms with Gasteiger partial charge < -0.3 is 9.47 Å². The van der Waals surface area contributed by atoms with Gasteiger partial charge in [0.15, 0.2) is 6.61 Å². The molecule has 1 aromatic heterocycles. The zero-order chi connectivity index (χ0) is 19.9. The van der Waals surface area contributed by atoms with E-state index in [0.717, 1.165) is 22.4 Å². The number of anilines is 1. The molecule has 0 spiro atoms. The fraction of sp³-hybridized carbons (Fsp3) is 0.217. The van der Waals surface area contributed by atoms with Crippen molar-refractivity contribution in [2.75, 3.05) is 18.6 Å². The molecule has 0 fully saturated rings. The largest absolute Gasteiger partial charge is 0.497 e. The molecule has 0 aliphatic rings. The van der Waals surface area contributed by atoms with Crippen LogP contribution in [0.25, 0.3) is 0 Å². The molecule has 144 valence electrons. The number of carbonyl (C=O) groups is 1. The quantitative estimate of drug-likeness (QED) is 0.616. The zero-order valence-electron chi connectivity index (χ0n) is 16.4. The van der Waals surface area contributed by atoms with E-state index in [1.54, 1.807) is 18.2 Å². The summed E-state index contributed by atoms with van der Waals surface area (Å²) in [7, 11) is 1.63. The Labute approximate surface area is 165 Å². The van der Waals surface area contributed by atoms with Crippen LogP contribution in [0.2, 0.25) is 0 Å². The van der Waals surface area contributed by atoms with Gasteiger partial charge in [-0.05, 0) is 66.9 Å². The number of amides is 1. The average molecular weight is 376 g/mol. The Bertz CT molecular complexity index is 904. The molecule has 3 aromatic rings. The molecule has 2 aromatic carbocycles. The molecule has 28 heavy (non-hydrogen) atoms. The van der Waals surface area contributed by atoms with Crippen LogP contribution < -0.4 is 14.4 Å². The summed E-state index contributed by atoms with van der Waals surface area (Å²) in [6, 6.07) is 19.1. The van der Waals surface area contributed by atoms with Gasteiger partial charge in [-0.25, -0.2) is 4.98 Å². The first kappa shape index (κ1) is 19.4. The van der Waals surface area contributed by atoms with Crippen molar-refractivity contribution in [3.8, 4) is 11.5 Å². The first-order chi connectivity index (χ1) is 13.5. The highest BCUT2D eigenvalue weighted by molar-refractivity contribution is 5.93. The first-order valence-corrected chi connectivity index (χ1v) is 9.10. The predicted octanol–water partition coefficient (Wildman–Crippen LogP) is 4.32. The number of nitrogens with zero attached hydrogens (tertiary/aromatic N) is 2. The topological polar surface area (TPSA) is 51.7 Å². The summed E-state index contributed by atoms with van der Waals surface area (Å²) in [5.74, 6) is 1.90. The third-order valence-corrected chi connectivity index (χ3v) is 4.28. The zero-order valence-corrected chi connectivity index (χ0v) is 16.4. The molecule has 1 amide bonds. The minimum Gasteiger partial charge on any atom is -0.497 e. The number of rotatable bonds is 7. The van der Waals surface area contributed by atoms with Crippen molar-refractivity contribution in [3.63, 3.8) is 0 Å². The fourth-order valence-corrected chi connectivity index (χ4v) is 2.96. The van der Waals surface area contributed by atoms with E-state index in [9.17, 15) is 4.79 Å². The molecule has 0 N–H and O–H groups in total. The van der Waals surface area contributed by atoms with E-state index in [0.29, 0.717) is 18.1 Å². The van der Waals surface area contributed by atoms with Gasteiger partial charge in [-0.1, -0.05) is 24.3 Å². The lowest BCUT2D eigenvalue weighted by molar-refractivity contribution is -0.120. The number of aryl methyl sites for hydroxylation is 2. The van der Waals surface area contributed by atoms with Gasteiger partial charge in [-0.3, -0.25) is 9.69 Å². The molecule has 0 aliphatic heterocycles. The SMILES string of the molecule is COc1ccc(CN(C(=O)COc2cc(C)cc(C)c2)c2ccccn2)cc1. The molecular weight excluding hydrogens is 352 g/mol. The molecule has 0 saturated carbocycles. The van der Waals surface area contributed by atoms with E-state index in [1.165, 1.54) is 0 Å². The smallest absolute Gasteiger partial charge is 0.266 e. The number of benzene rings is 2. The summed E-state index contributed by atoms with van der Waals surface area (Å²) in [5, 5.41) is 0. The summed E-state index contributed by atoms with van der Waals surface area (Å²) >= 11 is 0. The Hall–Kier alpha value is -3.34. The lowest BCUT2D eigenvalue weighted by Crippen LogP contribution is -2.35. The van der Waals surface area contributed by atoms with Crippen molar-refractivity contribution in [2.24, 2.45) is 0 Å². The van der Waals surface area contributed by atoms with E-state index in [4.69, 9.17) is 9.47 Å². The van der Waals surface area contributed by atoms with Crippen molar-refractivity contribution in [1.82, 2.24) is 4.98 Å². The van der Waals surface area contributed by atoms with Crippen LogP contribution in [0.1, 0.15) is 16.7 Å². The van der Waals surface area contributed by atoms with Crippen LogP contribution in [-0.4, -0.2) is 24.6 Å². The number of hydrogen-bond acceptors (Lipinski definition) is 4. The minimum absolute atomic E-state index is 0.0599. The first-order valence-electron chi connectivity index (χ1n) is 9.10. The third-order valence-electron chi connectivity index (χ3n) is 4.28. The maximum absolute atomic E-state index is 13.0. The van der Waals surface area contributed by atoms with E-state index in [1.807, 2.05) is 68.4 Å². The van der Waals surface area contributed by atoms with Crippen molar-refractivity contribution in [1.29, 1.82) is 0 Å². The third kappa shape index (κ3) is 5.10. The molecule has 0 atom stereocenters. The molecule has 0 bridgehead atoms. The second-order valence-corrected chi connectivity index (χ2v) is 6.63. The summed E-state index contributed by atoms with van der Waals surface area (Å²) < 4.78 is 11.0. The molecule has 3 rings (SSSR count). The minimum atomic E-state index is -0.159. The van der Waals surface area contributed by atoms with Gasteiger partial charge in [0.2, 0.25) is 0 Å². The maximum Gasteiger partial charge on any atom is 0.266 e. The summed E-state index contributed by atoms with van der Waals surface area (Å²) in [6.07, 6.45) is 1.68. The lowest BCUT2D eigenvalue weighted by atomic mass is 10.1. The van der Waals surface area contributed by atoms with Crippen LogP contribution in [0.15, 0.2) is 66.9 Å². The Balaban J connectivity index is 1.76. The fourth-order valence-electron chi connectivity index (χ4n) is 2.96. The molecule has 5 nitrogen and oxygen atoms in total. The van der Waals surface area contributed by atoms with Crippen LogP contribution in [0, 0.1) is 13.8 Å². The summed E-state index contributed by atoms with van der Waals surface area (Å²) in [4.78, 5) is 18.9. The van der Waals surface area contributed by atoms with Gasteiger partial charge in [0.1, 0.15) is 17.3 Å². The summed E-state index contributed by atoms with van der Waals surface area (Å²) in [5.41, 5.74) is 3.18. The van der Waals surface area contributed by atoms with E-state index >= 15 is 0 Å². The van der Waals surface area contributed by atoms with Gasteiger partial charge in [-0.15, -0.1) is 0 Å². The molecule has 0 aliphatic carbocycles.